The minimum atomic E-state index is 0.982. The standard InChI is InChI=1S/C18H15NS/c1-2-15-10-11-19-18-9-8-16(12-17(15)18)20-13-14-6-4-3-5-7-14/h2-12H,1,13H2. The Hall–Kier alpha value is -2.06. The first-order valence-corrected chi connectivity index (χ1v) is 7.53. The van der Waals surface area contributed by atoms with Gasteiger partial charge in [-0.25, -0.2) is 0 Å². The van der Waals surface area contributed by atoms with Crippen LogP contribution in [-0.4, -0.2) is 4.98 Å². The van der Waals surface area contributed by atoms with Crippen LogP contribution in [0.2, 0.25) is 0 Å². The van der Waals surface area contributed by atoms with E-state index >= 15 is 0 Å². The van der Waals surface area contributed by atoms with E-state index in [1.54, 1.807) is 0 Å². The number of benzene rings is 2. The highest BCUT2D eigenvalue weighted by Gasteiger charge is 2.02. The molecule has 1 aromatic heterocycles. The minimum Gasteiger partial charge on any atom is -0.256 e. The van der Waals surface area contributed by atoms with E-state index in [0.29, 0.717) is 0 Å². The molecule has 3 aromatic rings. The normalized spacial score (nSPS) is 10.6. The lowest BCUT2D eigenvalue weighted by Crippen LogP contribution is -1.84. The summed E-state index contributed by atoms with van der Waals surface area (Å²) >= 11 is 1.85. The zero-order valence-electron chi connectivity index (χ0n) is 11.1. The molecule has 0 aliphatic rings. The number of rotatable bonds is 4. The van der Waals surface area contributed by atoms with Crippen molar-refractivity contribution in [2.45, 2.75) is 10.6 Å². The van der Waals surface area contributed by atoms with Gasteiger partial charge in [-0.1, -0.05) is 43.0 Å². The van der Waals surface area contributed by atoms with Crippen molar-refractivity contribution in [2.24, 2.45) is 0 Å². The van der Waals surface area contributed by atoms with Gasteiger partial charge in [0, 0.05) is 22.2 Å². The van der Waals surface area contributed by atoms with Crippen LogP contribution in [0.4, 0.5) is 0 Å². The van der Waals surface area contributed by atoms with Crippen molar-refractivity contribution in [1.82, 2.24) is 4.98 Å². The van der Waals surface area contributed by atoms with Crippen molar-refractivity contribution in [3.8, 4) is 0 Å². The zero-order valence-corrected chi connectivity index (χ0v) is 11.9. The molecule has 2 heteroatoms. The van der Waals surface area contributed by atoms with Crippen molar-refractivity contribution in [2.75, 3.05) is 0 Å². The summed E-state index contributed by atoms with van der Waals surface area (Å²) in [4.78, 5) is 5.65. The monoisotopic (exact) mass is 277 g/mol. The summed E-state index contributed by atoms with van der Waals surface area (Å²) in [7, 11) is 0. The number of fused-ring (bicyclic) bond motifs is 1. The van der Waals surface area contributed by atoms with E-state index < -0.39 is 0 Å². The number of pyridine rings is 1. The van der Waals surface area contributed by atoms with Crippen LogP contribution in [-0.2, 0) is 5.75 Å². The van der Waals surface area contributed by atoms with Crippen molar-refractivity contribution in [3.05, 3.63) is 78.5 Å². The van der Waals surface area contributed by atoms with E-state index in [4.69, 9.17) is 0 Å². The molecule has 0 fully saturated rings. The Morgan fingerprint density at radius 1 is 1.05 bits per heavy atom. The van der Waals surface area contributed by atoms with Gasteiger partial charge in [-0.05, 0) is 35.4 Å². The van der Waals surface area contributed by atoms with Crippen LogP contribution in [0.1, 0.15) is 11.1 Å². The lowest BCUT2D eigenvalue weighted by molar-refractivity contribution is 1.36. The Kier molecular flexibility index (Phi) is 3.84. The maximum atomic E-state index is 4.39. The molecule has 0 N–H and O–H groups in total. The quantitative estimate of drug-likeness (QED) is 0.610. The molecule has 1 heterocycles. The van der Waals surface area contributed by atoms with Crippen molar-refractivity contribution >= 4 is 28.7 Å². The molecule has 2 aromatic carbocycles. The van der Waals surface area contributed by atoms with Gasteiger partial charge in [-0.3, -0.25) is 4.98 Å². The van der Waals surface area contributed by atoms with Gasteiger partial charge in [-0.15, -0.1) is 11.8 Å². The molecule has 20 heavy (non-hydrogen) atoms. The lowest BCUT2D eigenvalue weighted by atomic mass is 10.1. The highest BCUT2D eigenvalue weighted by Crippen LogP contribution is 2.27. The molecule has 0 saturated heterocycles. The largest absolute Gasteiger partial charge is 0.256 e. The summed E-state index contributed by atoms with van der Waals surface area (Å²) in [5.74, 6) is 0.982. The third kappa shape index (κ3) is 2.75. The van der Waals surface area contributed by atoms with Crippen LogP contribution < -0.4 is 0 Å². The van der Waals surface area contributed by atoms with E-state index in [9.17, 15) is 0 Å². The second-order valence-corrected chi connectivity index (χ2v) is 5.61. The maximum absolute atomic E-state index is 4.39. The molecular weight excluding hydrogens is 262 g/mol. The van der Waals surface area contributed by atoms with Crippen molar-refractivity contribution < 1.29 is 0 Å². The Bertz CT molecular complexity index is 735. The first-order chi connectivity index (χ1) is 9.86. The topological polar surface area (TPSA) is 12.9 Å². The molecule has 0 unspecified atom stereocenters. The molecule has 98 valence electrons. The average Bonchev–Trinajstić information content (AvgIpc) is 2.53. The molecule has 0 bridgehead atoms. The summed E-state index contributed by atoms with van der Waals surface area (Å²) in [6, 6.07) is 18.9. The molecule has 0 spiro atoms. The number of hydrogen-bond donors (Lipinski definition) is 0. The second-order valence-electron chi connectivity index (χ2n) is 4.56. The average molecular weight is 277 g/mol. The van der Waals surface area contributed by atoms with E-state index in [2.05, 4.69) is 54.0 Å². The Labute approximate surface area is 123 Å². The molecule has 0 aliphatic carbocycles. The first-order valence-electron chi connectivity index (χ1n) is 6.55. The summed E-state index contributed by atoms with van der Waals surface area (Å²) in [6.07, 6.45) is 3.71. The fraction of sp³-hybridized carbons (Fsp3) is 0.0556. The van der Waals surface area contributed by atoms with Crippen molar-refractivity contribution in [3.63, 3.8) is 0 Å². The van der Waals surface area contributed by atoms with E-state index in [-0.39, 0.29) is 0 Å². The Balaban J connectivity index is 1.87. The van der Waals surface area contributed by atoms with Gasteiger partial charge in [0.25, 0.3) is 0 Å². The Morgan fingerprint density at radius 3 is 2.70 bits per heavy atom. The van der Waals surface area contributed by atoms with Crippen LogP contribution in [0.25, 0.3) is 17.0 Å². The van der Waals surface area contributed by atoms with Gasteiger partial charge in [0.2, 0.25) is 0 Å². The van der Waals surface area contributed by atoms with Gasteiger partial charge in [0.1, 0.15) is 0 Å². The van der Waals surface area contributed by atoms with Crippen LogP contribution in [0, 0.1) is 0 Å². The van der Waals surface area contributed by atoms with Gasteiger partial charge in [0.05, 0.1) is 5.52 Å². The highest BCUT2D eigenvalue weighted by atomic mass is 32.2. The zero-order chi connectivity index (χ0) is 13.8. The van der Waals surface area contributed by atoms with Crippen LogP contribution in [0.5, 0.6) is 0 Å². The number of nitrogens with zero attached hydrogens (tertiary/aromatic N) is 1. The van der Waals surface area contributed by atoms with Crippen LogP contribution in [0.3, 0.4) is 0 Å². The summed E-state index contributed by atoms with van der Waals surface area (Å²) in [5, 5.41) is 1.17. The minimum absolute atomic E-state index is 0.982. The van der Waals surface area contributed by atoms with Gasteiger partial charge >= 0.3 is 0 Å². The van der Waals surface area contributed by atoms with Crippen LogP contribution in [0.15, 0.2) is 72.3 Å². The van der Waals surface area contributed by atoms with Crippen LogP contribution >= 0.6 is 11.8 Å². The third-order valence-corrected chi connectivity index (χ3v) is 4.28. The summed E-state index contributed by atoms with van der Waals surface area (Å²) < 4.78 is 0. The van der Waals surface area contributed by atoms with E-state index in [1.807, 2.05) is 36.2 Å². The highest BCUT2D eigenvalue weighted by molar-refractivity contribution is 7.98. The number of aromatic nitrogens is 1. The molecule has 0 aliphatic heterocycles. The predicted octanol–water partition coefficient (Wildman–Crippen LogP) is 5.17. The van der Waals surface area contributed by atoms with Gasteiger partial charge < -0.3 is 0 Å². The smallest absolute Gasteiger partial charge is 0.0708 e. The summed E-state index contributed by atoms with van der Waals surface area (Å²) in [5.41, 5.74) is 3.50. The molecule has 0 atom stereocenters. The molecule has 0 radical (unpaired) electrons. The third-order valence-electron chi connectivity index (χ3n) is 3.21. The second kappa shape index (κ2) is 5.93. The van der Waals surface area contributed by atoms with Gasteiger partial charge in [-0.2, -0.15) is 0 Å². The fourth-order valence-corrected chi connectivity index (χ4v) is 3.05. The summed E-state index contributed by atoms with van der Waals surface area (Å²) in [6.45, 7) is 3.87. The van der Waals surface area contributed by atoms with E-state index in [0.717, 1.165) is 16.8 Å². The molecule has 1 nitrogen and oxygen atoms in total. The predicted molar refractivity (Wildman–Crippen MR) is 87.8 cm³/mol. The first kappa shape index (κ1) is 12.9. The van der Waals surface area contributed by atoms with Gasteiger partial charge in [0.15, 0.2) is 0 Å². The molecule has 0 amide bonds. The number of hydrogen-bond acceptors (Lipinski definition) is 2. The Morgan fingerprint density at radius 2 is 1.90 bits per heavy atom. The van der Waals surface area contributed by atoms with Crippen molar-refractivity contribution in [1.29, 1.82) is 0 Å². The SMILES string of the molecule is C=Cc1ccnc2ccc(SCc3ccccc3)cc12. The molecule has 3 rings (SSSR count). The molecular formula is C18H15NS. The fourth-order valence-electron chi connectivity index (χ4n) is 2.16. The molecule has 0 saturated carbocycles. The number of thioether (sulfide) groups is 1. The lowest BCUT2D eigenvalue weighted by Gasteiger charge is -2.06. The maximum Gasteiger partial charge on any atom is 0.0708 e. The van der Waals surface area contributed by atoms with E-state index in [1.165, 1.54) is 15.8 Å².